The topological polar surface area (TPSA) is 63.1 Å². The van der Waals surface area contributed by atoms with Crippen molar-refractivity contribution in [2.24, 2.45) is 0 Å². The number of carbonyl (C=O) groups is 1. The summed E-state index contributed by atoms with van der Waals surface area (Å²) in [5, 5.41) is 4.68. The number of nitrogen functional groups attached to an aromatic ring is 1. The minimum absolute atomic E-state index is 0.0958. The van der Waals surface area contributed by atoms with Gasteiger partial charge >= 0.3 is 0 Å². The SMILES string of the molecule is Cc1ccccc1-c1n[n+](CC(=O)N2CCCCC2)c(N)cc1C. The molecule has 1 aromatic heterocycles. The average molecular weight is 325 g/mol. The van der Waals surface area contributed by atoms with Gasteiger partial charge in [-0.1, -0.05) is 29.4 Å². The highest BCUT2D eigenvalue weighted by molar-refractivity contribution is 5.75. The Bertz CT molecular complexity index is 751. The molecule has 1 saturated heterocycles. The van der Waals surface area contributed by atoms with Gasteiger partial charge < -0.3 is 4.90 Å². The number of rotatable bonds is 3. The van der Waals surface area contributed by atoms with E-state index in [2.05, 4.69) is 24.2 Å². The van der Waals surface area contributed by atoms with E-state index in [-0.39, 0.29) is 12.5 Å². The van der Waals surface area contributed by atoms with Crippen LogP contribution in [0.2, 0.25) is 0 Å². The quantitative estimate of drug-likeness (QED) is 0.880. The van der Waals surface area contributed by atoms with Crippen molar-refractivity contribution in [3.63, 3.8) is 0 Å². The minimum atomic E-state index is 0.0958. The number of likely N-dealkylation sites (tertiary alicyclic amines) is 1. The Labute approximate surface area is 143 Å². The summed E-state index contributed by atoms with van der Waals surface area (Å²) in [6.07, 6.45) is 3.38. The molecule has 1 amide bonds. The second-order valence-corrected chi connectivity index (χ2v) is 6.51. The van der Waals surface area contributed by atoms with Gasteiger partial charge in [-0.25, -0.2) is 0 Å². The zero-order chi connectivity index (χ0) is 17.1. The second-order valence-electron chi connectivity index (χ2n) is 6.51. The molecule has 5 heteroatoms. The highest BCUT2D eigenvalue weighted by Crippen LogP contribution is 2.23. The molecule has 2 aromatic rings. The number of carbonyl (C=O) groups excluding carboxylic acids is 1. The summed E-state index contributed by atoms with van der Waals surface area (Å²) < 4.78 is 1.63. The van der Waals surface area contributed by atoms with E-state index in [0.29, 0.717) is 5.82 Å². The molecule has 1 aromatic carbocycles. The van der Waals surface area contributed by atoms with Crippen LogP contribution in [0.5, 0.6) is 0 Å². The molecule has 2 N–H and O–H groups in total. The summed E-state index contributed by atoms with van der Waals surface area (Å²) >= 11 is 0. The zero-order valence-electron chi connectivity index (χ0n) is 14.5. The summed E-state index contributed by atoms with van der Waals surface area (Å²) in [6.45, 7) is 5.95. The molecule has 126 valence electrons. The van der Waals surface area contributed by atoms with Gasteiger partial charge in [0.1, 0.15) is 5.69 Å². The predicted molar refractivity (Wildman–Crippen MR) is 94.2 cm³/mol. The number of piperidine rings is 1. The first kappa shape index (κ1) is 16.4. The average Bonchev–Trinajstić information content (AvgIpc) is 2.59. The molecule has 0 atom stereocenters. The van der Waals surface area contributed by atoms with Crippen LogP contribution in [-0.2, 0) is 11.3 Å². The van der Waals surface area contributed by atoms with Crippen LogP contribution in [0, 0.1) is 13.8 Å². The number of aryl methyl sites for hydroxylation is 2. The van der Waals surface area contributed by atoms with Crippen LogP contribution in [0.15, 0.2) is 30.3 Å². The van der Waals surface area contributed by atoms with Gasteiger partial charge in [-0.2, -0.15) is 0 Å². The van der Waals surface area contributed by atoms with Crippen molar-refractivity contribution >= 4 is 11.7 Å². The van der Waals surface area contributed by atoms with E-state index >= 15 is 0 Å². The standard InChI is InChI=1S/C19H24N4O/c1-14-8-4-5-9-16(14)19-15(2)12-17(20)23(21-19)13-18(24)22-10-6-3-7-11-22/h4-5,8-9,12,20H,3,6-7,10-11,13H2,1-2H3/p+1. The molecule has 1 aliphatic rings. The molecule has 0 saturated carbocycles. The molecule has 0 bridgehead atoms. The lowest BCUT2D eigenvalue weighted by atomic mass is 10.0. The van der Waals surface area contributed by atoms with E-state index in [9.17, 15) is 4.79 Å². The highest BCUT2D eigenvalue weighted by Gasteiger charge is 2.22. The molecule has 5 nitrogen and oxygen atoms in total. The van der Waals surface area contributed by atoms with E-state index < -0.39 is 0 Å². The molecular formula is C19H25N4O+. The largest absolute Gasteiger partial charge is 0.339 e. The predicted octanol–water partition coefficient (Wildman–Crippen LogP) is 2.25. The van der Waals surface area contributed by atoms with Crippen LogP contribution in [-0.4, -0.2) is 29.0 Å². The summed E-state index contributed by atoms with van der Waals surface area (Å²) in [5.41, 5.74) is 10.3. The Morgan fingerprint density at radius 2 is 1.88 bits per heavy atom. The fourth-order valence-electron chi connectivity index (χ4n) is 3.22. The summed E-state index contributed by atoms with van der Waals surface area (Å²) in [7, 11) is 0. The molecule has 1 fully saturated rings. The van der Waals surface area contributed by atoms with Crippen molar-refractivity contribution in [1.29, 1.82) is 0 Å². The maximum absolute atomic E-state index is 12.5. The van der Waals surface area contributed by atoms with Crippen molar-refractivity contribution in [2.45, 2.75) is 39.7 Å². The monoisotopic (exact) mass is 325 g/mol. The third kappa shape index (κ3) is 3.40. The van der Waals surface area contributed by atoms with Crippen LogP contribution in [0.1, 0.15) is 30.4 Å². The van der Waals surface area contributed by atoms with E-state index in [0.717, 1.165) is 48.3 Å². The van der Waals surface area contributed by atoms with E-state index in [1.54, 1.807) is 4.68 Å². The smallest absolute Gasteiger partial charge is 0.293 e. The number of amides is 1. The Hall–Kier alpha value is -2.43. The van der Waals surface area contributed by atoms with Crippen molar-refractivity contribution in [3.05, 3.63) is 41.5 Å². The van der Waals surface area contributed by atoms with Crippen LogP contribution in [0.25, 0.3) is 11.3 Å². The third-order valence-corrected chi connectivity index (χ3v) is 4.65. The van der Waals surface area contributed by atoms with Gasteiger partial charge in [0, 0.05) is 24.7 Å². The molecule has 0 radical (unpaired) electrons. The van der Waals surface area contributed by atoms with Gasteiger partial charge in [0.2, 0.25) is 0 Å². The summed E-state index contributed by atoms with van der Waals surface area (Å²) in [5.74, 6) is 0.619. The Morgan fingerprint density at radius 1 is 1.17 bits per heavy atom. The number of hydrogen-bond donors (Lipinski definition) is 1. The van der Waals surface area contributed by atoms with Crippen LogP contribution < -0.4 is 10.4 Å². The number of nitrogens with zero attached hydrogens (tertiary/aromatic N) is 3. The van der Waals surface area contributed by atoms with Gasteiger partial charge in [0.05, 0.1) is 0 Å². The van der Waals surface area contributed by atoms with Crippen LogP contribution in [0.4, 0.5) is 5.82 Å². The lowest BCUT2D eigenvalue weighted by Gasteiger charge is -2.26. The van der Waals surface area contributed by atoms with Gasteiger partial charge in [-0.3, -0.25) is 10.5 Å². The molecule has 0 spiro atoms. The van der Waals surface area contributed by atoms with E-state index in [4.69, 9.17) is 5.73 Å². The maximum atomic E-state index is 12.5. The minimum Gasteiger partial charge on any atom is -0.339 e. The molecule has 0 unspecified atom stereocenters. The van der Waals surface area contributed by atoms with E-state index in [1.165, 1.54) is 6.42 Å². The first-order valence-electron chi connectivity index (χ1n) is 8.57. The maximum Gasteiger partial charge on any atom is 0.293 e. The number of hydrogen-bond acceptors (Lipinski definition) is 3. The summed E-state index contributed by atoms with van der Waals surface area (Å²) in [4.78, 5) is 14.5. The summed E-state index contributed by atoms with van der Waals surface area (Å²) in [6, 6.07) is 10.0. The number of anilines is 1. The second kappa shape index (κ2) is 6.99. The van der Waals surface area contributed by atoms with Crippen molar-refractivity contribution in [3.8, 4) is 11.3 Å². The molecule has 1 aliphatic heterocycles. The van der Waals surface area contributed by atoms with Gasteiger partial charge in [-0.05, 0) is 44.2 Å². The number of nitrogens with two attached hydrogens (primary N) is 1. The highest BCUT2D eigenvalue weighted by atomic mass is 16.2. The Balaban J connectivity index is 1.90. The zero-order valence-corrected chi connectivity index (χ0v) is 14.5. The van der Waals surface area contributed by atoms with Gasteiger partial charge in [0.25, 0.3) is 11.7 Å². The van der Waals surface area contributed by atoms with E-state index in [1.807, 2.05) is 30.0 Å². The fourth-order valence-corrected chi connectivity index (χ4v) is 3.22. The lowest BCUT2D eigenvalue weighted by Crippen LogP contribution is -2.50. The van der Waals surface area contributed by atoms with Crippen LogP contribution >= 0.6 is 0 Å². The van der Waals surface area contributed by atoms with Gasteiger partial charge in [-0.15, -0.1) is 4.68 Å². The van der Waals surface area contributed by atoms with Crippen molar-refractivity contribution in [2.75, 3.05) is 18.8 Å². The van der Waals surface area contributed by atoms with Crippen molar-refractivity contribution in [1.82, 2.24) is 10.00 Å². The third-order valence-electron chi connectivity index (χ3n) is 4.65. The molecule has 2 heterocycles. The van der Waals surface area contributed by atoms with Gasteiger partial charge in [0.15, 0.2) is 6.54 Å². The first-order chi connectivity index (χ1) is 11.6. The van der Waals surface area contributed by atoms with Crippen molar-refractivity contribution < 1.29 is 9.48 Å². The Morgan fingerprint density at radius 3 is 2.58 bits per heavy atom. The molecule has 24 heavy (non-hydrogen) atoms. The molecule has 3 rings (SSSR count). The first-order valence-corrected chi connectivity index (χ1v) is 8.57. The van der Waals surface area contributed by atoms with Crippen LogP contribution in [0.3, 0.4) is 0 Å². The molecular weight excluding hydrogens is 300 g/mol. The fraction of sp³-hybridized carbons (Fsp3) is 0.421. The molecule has 0 aliphatic carbocycles. The number of benzene rings is 1. The number of aromatic nitrogens is 2. The Kier molecular flexibility index (Phi) is 4.79. The normalized spacial score (nSPS) is 14.7. The lowest BCUT2D eigenvalue weighted by molar-refractivity contribution is -0.728.